The fourth-order valence-electron chi connectivity index (χ4n) is 2.27. The first kappa shape index (κ1) is 20.0. The van der Waals surface area contributed by atoms with E-state index >= 15 is 0 Å². The Morgan fingerprint density at radius 2 is 1.69 bits per heavy atom. The van der Waals surface area contributed by atoms with Gasteiger partial charge in [0.15, 0.2) is 11.6 Å². The van der Waals surface area contributed by atoms with Crippen LogP contribution < -0.4 is 4.90 Å². The van der Waals surface area contributed by atoms with Gasteiger partial charge < -0.3 is 4.90 Å². The topological polar surface area (TPSA) is 66.9 Å². The molecule has 26 heavy (non-hydrogen) atoms. The zero-order chi connectivity index (χ0) is 19.5. The minimum Gasteiger partial charge on any atom is -0.309 e. The Kier molecular flexibility index (Phi) is 6.06. The first-order valence-corrected chi connectivity index (χ1v) is 9.06. The smallest absolute Gasteiger partial charge is 0.264 e. The van der Waals surface area contributed by atoms with Crippen LogP contribution in [0.1, 0.15) is 17.3 Å². The summed E-state index contributed by atoms with van der Waals surface area (Å²) in [5, 5.41) is 0. The van der Waals surface area contributed by atoms with E-state index in [-0.39, 0.29) is 22.7 Å². The van der Waals surface area contributed by atoms with Crippen LogP contribution in [0.25, 0.3) is 0 Å². The summed E-state index contributed by atoms with van der Waals surface area (Å²) < 4.78 is 51.5. The van der Waals surface area contributed by atoms with Crippen LogP contribution in [0.3, 0.4) is 0 Å². The van der Waals surface area contributed by atoms with Crippen molar-refractivity contribution in [1.82, 2.24) is 4.47 Å². The first-order valence-electron chi connectivity index (χ1n) is 7.62. The molecule has 0 aliphatic carbocycles. The number of nitrogens with zero attached hydrogens (tertiary/aromatic N) is 2. The second-order valence-corrected chi connectivity index (χ2v) is 7.21. The molecular weight excluding hydrogens is 366 g/mol. The zero-order valence-electron chi connectivity index (χ0n) is 14.4. The van der Waals surface area contributed by atoms with E-state index in [4.69, 9.17) is 0 Å². The quantitative estimate of drug-likeness (QED) is 0.719. The lowest BCUT2D eigenvalue weighted by atomic mass is 10.1. The van der Waals surface area contributed by atoms with Gasteiger partial charge in [-0.05, 0) is 43.3 Å². The second-order valence-electron chi connectivity index (χ2n) is 5.27. The van der Waals surface area contributed by atoms with Crippen LogP contribution in [-0.4, -0.2) is 39.5 Å². The van der Waals surface area contributed by atoms with Crippen molar-refractivity contribution in [3.8, 4) is 0 Å². The maximum Gasteiger partial charge on any atom is 0.264 e. The molecule has 0 aliphatic heterocycles. The van der Waals surface area contributed by atoms with Crippen molar-refractivity contribution in [3.05, 3.63) is 59.7 Å². The summed E-state index contributed by atoms with van der Waals surface area (Å²) in [5.74, 6) is -2.53. The number of hydrogen-bond acceptors (Lipinski definition) is 4. The normalized spacial score (nSPS) is 11.6. The largest absolute Gasteiger partial charge is 0.309 e. The van der Waals surface area contributed by atoms with Crippen molar-refractivity contribution in [2.24, 2.45) is 0 Å². The third kappa shape index (κ3) is 3.90. The van der Waals surface area contributed by atoms with Crippen LogP contribution in [0.5, 0.6) is 0 Å². The molecule has 0 spiro atoms. The molecule has 0 N–H and O–H groups in total. The molecule has 140 valence electrons. The maximum atomic E-state index is 13.4. The predicted octanol–water partition coefficient (Wildman–Crippen LogP) is 2.81. The minimum absolute atomic E-state index is 0.0470. The fraction of sp³-hybridized carbons (Fsp3) is 0.235. The van der Waals surface area contributed by atoms with Crippen molar-refractivity contribution in [2.45, 2.75) is 11.8 Å². The van der Waals surface area contributed by atoms with E-state index in [1.807, 2.05) is 0 Å². The number of hydrogen-bond donors (Lipinski definition) is 0. The fourth-order valence-corrected chi connectivity index (χ4v) is 3.24. The van der Waals surface area contributed by atoms with Crippen LogP contribution in [0.15, 0.2) is 47.4 Å². The number of halogens is 2. The Balaban J connectivity index is 2.32. The number of anilines is 1. The molecule has 0 fully saturated rings. The van der Waals surface area contributed by atoms with Gasteiger partial charge in [0, 0.05) is 30.9 Å². The summed E-state index contributed by atoms with van der Waals surface area (Å²) in [7, 11) is -1.36. The van der Waals surface area contributed by atoms with Crippen molar-refractivity contribution in [2.75, 3.05) is 25.6 Å². The lowest BCUT2D eigenvalue weighted by molar-refractivity contribution is -0.0258. The van der Waals surface area contributed by atoms with Gasteiger partial charge >= 0.3 is 0 Å². The van der Waals surface area contributed by atoms with Gasteiger partial charge in [-0.3, -0.25) is 9.63 Å². The Bertz CT molecular complexity index is 901. The van der Waals surface area contributed by atoms with E-state index in [1.165, 1.54) is 49.4 Å². The number of carbonyl (C=O) groups excluding carboxylic acids is 1. The molecule has 0 atom stereocenters. The van der Waals surface area contributed by atoms with E-state index in [0.29, 0.717) is 4.47 Å². The molecule has 0 unspecified atom stereocenters. The van der Waals surface area contributed by atoms with E-state index in [1.54, 1.807) is 6.92 Å². The third-order valence-electron chi connectivity index (χ3n) is 3.77. The predicted molar refractivity (Wildman–Crippen MR) is 92.1 cm³/mol. The van der Waals surface area contributed by atoms with E-state index in [0.717, 1.165) is 12.1 Å². The molecule has 2 rings (SSSR count). The summed E-state index contributed by atoms with van der Waals surface area (Å²) in [6, 6.07) is 8.42. The van der Waals surface area contributed by atoms with Crippen molar-refractivity contribution in [1.29, 1.82) is 0 Å². The molecule has 0 heterocycles. The van der Waals surface area contributed by atoms with Gasteiger partial charge in [-0.1, -0.05) is 4.47 Å². The molecule has 9 heteroatoms. The standard InChI is InChI=1S/C17H18F2N2O4S/c1-4-21(13-7-10-15(18)16(19)11-13)17(22)12-5-8-14(9-6-12)26(23,24)20(2)25-3/h5-11H,4H2,1-3H3. The summed E-state index contributed by atoms with van der Waals surface area (Å²) in [6.45, 7) is 1.90. The number of carbonyl (C=O) groups is 1. The van der Waals surface area contributed by atoms with Crippen molar-refractivity contribution in [3.63, 3.8) is 0 Å². The number of sulfonamides is 1. The molecular formula is C17H18F2N2O4S. The van der Waals surface area contributed by atoms with E-state index in [2.05, 4.69) is 4.84 Å². The first-order chi connectivity index (χ1) is 12.2. The second kappa shape index (κ2) is 7.90. The lowest BCUT2D eigenvalue weighted by Crippen LogP contribution is -2.31. The van der Waals surface area contributed by atoms with Crippen molar-refractivity contribution < 1.29 is 26.8 Å². The molecule has 0 bridgehead atoms. The highest BCUT2D eigenvalue weighted by molar-refractivity contribution is 7.89. The van der Waals surface area contributed by atoms with E-state index in [9.17, 15) is 22.0 Å². The Hall–Kier alpha value is -2.36. The molecule has 0 aromatic heterocycles. The molecule has 0 aliphatic rings. The summed E-state index contributed by atoms with van der Waals surface area (Å²) in [5.41, 5.74) is 0.405. The monoisotopic (exact) mass is 384 g/mol. The highest BCUT2D eigenvalue weighted by Gasteiger charge is 2.22. The van der Waals surface area contributed by atoms with Crippen LogP contribution in [0, 0.1) is 11.6 Å². The maximum absolute atomic E-state index is 13.4. The molecule has 1 amide bonds. The average Bonchev–Trinajstić information content (AvgIpc) is 2.64. The highest BCUT2D eigenvalue weighted by Crippen LogP contribution is 2.21. The molecule has 2 aromatic rings. The molecule has 6 nitrogen and oxygen atoms in total. The number of amides is 1. The van der Waals surface area contributed by atoms with Gasteiger partial charge in [0.2, 0.25) is 0 Å². The minimum atomic E-state index is -3.82. The molecule has 0 saturated heterocycles. The van der Waals surface area contributed by atoms with E-state index < -0.39 is 27.6 Å². The molecule has 0 radical (unpaired) electrons. The number of hydroxylamine groups is 1. The van der Waals surface area contributed by atoms with Gasteiger partial charge in [0.25, 0.3) is 15.9 Å². The molecule has 0 saturated carbocycles. The average molecular weight is 384 g/mol. The van der Waals surface area contributed by atoms with Crippen LogP contribution in [0.4, 0.5) is 14.5 Å². The summed E-state index contributed by atoms with van der Waals surface area (Å²) >= 11 is 0. The Labute approximate surface area is 150 Å². The highest BCUT2D eigenvalue weighted by atomic mass is 32.2. The van der Waals surface area contributed by atoms with Crippen molar-refractivity contribution >= 4 is 21.6 Å². The Morgan fingerprint density at radius 1 is 1.08 bits per heavy atom. The number of benzene rings is 2. The number of rotatable bonds is 6. The van der Waals surface area contributed by atoms with Gasteiger partial charge in [-0.25, -0.2) is 17.2 Å². The SMILES string of the molecule is CCN(C(=O)c1ccc(S(=O)(=O)N(C)OC)cc1)c1ccc(F)c(F)c1. The molecule has 2 aromatic carbocycles. The van der Waals surface area contributed by atoms with Crippen LogP contribution in [-0.2, 0) is 14.9 Å². The third-order valence-corrected chi connectivity index (χ3v) is 5.46. The van der Waals surface area contributed by atoms with Gasteiger partial charge in [0.05, 0.1) is 12.0 Å². The Morgan fingerprint density at radius 3 is 2.19 bits per heavy atom. The summed E-state index contributed by atoms with van der Waals surface area (Å²) in [4.78, 5) is 18.5. The zero-order valence-corrected chi connectivity index (χ0v) is 15.3. The van der Waals surface area contributed by atoms with Gasteiger partial charge in [-0.2, -0.15) is 0 Å². The van der Waals surface area contributed by atoms with Crippen LogP contribution in [0.2, 0.25) is 0 Å². The lowest BCUT2D eigenvalue weighted by Gasteiger charge is -2.21. The summed E-state index contributed by atoms with van der Waals surface area (Å²) in [6.07, 6.45) is 0. The van der Waals surface area contributed by atoms with Crippen LogP contribution >= 0.6 is 0 Å². The van der Waals surface area contributed by atoms with Gasteiger partial charge in [0.1, 0.15) is 0 Å². The van der Waals surface area contributed by atoms with Gasteiger partial charge in [-0.15, -0.1) is 0 Å².